The molecule has 1 aliphatic heterocycles. The Bertz CT molecular complexity index is 254. The van der Waals surface area contributed by atoms with Crippen molar-refractivity contribution in [2.24, 2.45) is 0 Å². The van der Waals surface area contributed by atoms with Crippen molar-refractivity contribution in [3.05, 3.63) is 0 Å². The van der Waals surface area contributed by atoms with Gasteiger partial charge in [-0.2, -0.15) is 0 Å². The van der Waals surface area contributed by atoms with Gasteiger partial charge in [0.05, 0.1) is 19.3 Å². The summed E-state index contributed by atoms with van der Waals surface area (Å²) in [6, 6.07) is 1.07. The van der Waals surface area contributed by atoms with E-state index >= 15 is 0 Å². The zero-order valence-corrected chi connectivity index (χ0v) is 11.6. The second kappa shape index (κ2) is 6.55. The third-order valence-corrected chi connectivity index (χ3v) is 4.24. The van der Waals surface area contributed by atoms with Gasteiger partial charge in [-0.1, -0.05) is 26.2 Å². The SMILES string of the molecule is CCC1COCCN1C(=S)NC1CCCCC1. The van der Waals surface area contributed by atoms with Crippen molar-refractivity contribution in [1.29, 1.82) is 0 Å². The minimum absolute atomic E-state index is 0.465. The molecule has 1 N–H and O–H groups in total. The molecule has 1 heterocycles. The van der Waals surface area contributed by atoms with Crippen LogP contribution < -0.4 is 5.32 Å². The monoisotopic (exact) mass is 256 g/mol. The highest BCUT2D eigenvalue weighted by atomic mass is 32.1. The molecule has 0 spiro atoms. The number of morpholine rings is 1. The van der Waals surface area contributed by atoms with Crippen LogP contribution in [-0.4, -0.2) is 41.9 Å². The van der Waals surface area contributed by atoms with Gasteiger partial charge in [-0.3, -0.25) is 0 Å². The lowest BCUT2D eigenvalue weighted by Crippen LogP contribution is -2.54. The maximum Gasteiger partial charge on any atom is 0.169 e. The summed E-state index contributed by atoms with van der Waals surface area (Å²) >= 11 is 5.56. The van der Waals surface area contributed by atoms with Crippen molar-refractivity contribution in [1.82, 2.24) is 10.2 Å². The minimum atomic E-state index is 0.465. The van der Waals surface area contributed by atoms with E-state index < -0.39 is 0 Å². The molecule has 2 fully saturated rings. The molecule has 0 aromatic carbocycles. The molecule has 3 nitrogen and oxygen atoms in total. The van der Waals surface area contributed by atoms with Crippen LogP contribution in [0.25, 0.3) is 0 Å². The van der Waals surface area contributed by atoms with Gasteiger partial charge in [-0.05, 0) is 31.5 Å². The molecule has 1 aliphatic carbocycles. The third-order valence-electron chi connectivity index (χ3n) is 3.89. The van der Waals surface area contributed by atoms with Crippen molar-refractivity contribution in [3.63, 3.8) is 0 Å². The summed E-state index contributed by atoms with van der Waals surface area (Å²) in [7, 11) is 0. The molecule has 0 radical (unpaired) electrons. The molecule has 1 saturated heterocycles. The Morgan fingerprint density at radius 3 is 2.82 bits per heavy atom. The molecule has 0 aromatic heterocycles. The highest BCUT2D eigenvalue weighted by Gasteiger charge is 2.25. The van der Waals surface area contributed by atoms with Crippen LogP contribution in [0.3, 0.4) is 0 Å². The zero-order chi connectivity index (χ0) is 12.1. The number of ether oxygens (including phenoxy) is 1. The van der Waals surface area contributed by atoms with Gasteiger partial charge in [0.1, 0.15) is 0 Å². The number of nitrogens with one attached hydrogen (secondary N) is 1. The fourth-order valence-corrected chi connectivity index (χ4v) is 3.17. The Kier molecular flexibility index (Phi) is 5.04. The van der Waals surface area contributed by atoms with Gasteiger partial charge in [-0.25, -0.2) is 0 Å². The van der Waals surface area contributed by atoms with Gasteiger partial charge >= 0.3 is 0 Å². The van der Waals surface area contributed by atoms with Gasteiger partial charge in [0.2, 0.25) is 0 Å². The van der Waals surface area contributed by atoms with Gasteiger partial charge < -0.3 is 15.0 Å². The molecule has 2 aliphatic rings. The van der Waals surface area contributed by atoms with Gasteiger partial charge in [0.25, 0.3) is 0 Å². The van der Waals surface area contributed by atoms with Gasteiger partial charge in [0, 0.05) is 12.6 Å². The van der Waals surface area contributed by atoms with Crippen LogP contribution in [0.1, 0.15) is 45.4 Å². The average Bonchev–Trinajstić information content (AvgIpc) is 2.40. The van der Waals surface area contributed by atoms with Crippen molar-refractivity contribution in [2.75, 3.05) is 19.8 Å². The van der Waals surface area contributed by atoms with Crippen LogP contribution in [0.5, 0.6) is 0 Å². The smallest absolute Gasteiger partial charge is 0.169 e. The summed E-state index contributed by atoms with van der Waals surface area (Å²) in [5, 5.41) is 4.51. The van der Waals surface area contributed by atoms with Crippen LogP contribution in [0.15, 0.2) is 0 Å². The Labute approximate surface area is 110 Å². The number of nitrogens with zero attached hydrogens (tertiary/aromatic N) is 1. The molecule has 2 rings (SSSR count). The molecule has 1 saturated carbocycles. The van der Waals surface area contributed by atoms with Gasteiger partial charge in [0.15, 0.2) is 5.11 Å². The zero-order valence-electron chi connectivity index (χ0n) is 10.8. The molecule has 1 unspecified atom stereocenters. The molecule has 4 heteroatoms. The first-order valence-corrected chi connectivity index (χ1v) is 7.37. The molecule has 0 amide bonds. The van der Waals surface area contributed by atoms with Crippen LogP contribution in [-0.2, 0) is 4.74 Å². The van der Waals surface area contributed by atoms with E-state index in [0.717, 1.165) is 31.3 Å². The van der Waals surface area contributed by atoms with E-state index in [-0.39, 0.29) is 0 Å². The quantitative estimate of drug-likeness (QED) is 0.766. The second-order valence-corrected chi connectivity index (χ2v) is 5.50. The molecule has 17 heavy (non-hydrogen) atoms. The lowest BCUT2D eigenvalue weighted by Gasteiger charge is -2.38. The third kappa shape index (κ3) is 3.55. The molecule has 0 aromatic rings. The van der Waals surface area contributed by atoms with Crippen LogP contribution in [0.4, 0.5) is 0 Å². The summed E-state index contributed by atoms with van der Waals surface area (Å²) in [6.07, 6.45) is 7.75. The number of rotatable bonds is 2. The predicted molar refractivity (Wildman–Crippen MR) is 74.2 cm³/mol. The summed E-state index contributed by atoms with van der Waals surface area (Å²) in [6.45, 7) is 4.78. The highest BCUT2D eigenvalue weighted by molar-refractivity contribution is 7.80. The lowest BCUT2D eigenvalue weighted by atomic mass is 9.96. The van der Waals surface area contributed by atoms with E-state index in [9.17, 15) is 0 Å². The number of thiocarbonyl (C=S) groups is 1. The van der Waals surface area contributed by atoms with Crippen LogP contribution >= 0.6 is 12.2 Å². The Morgan fingerprint density at radius 2 is 2.12 bits per heavy atom. The first-order valence-electron chi connectivity index (χ1n) is 6.96. The van der Waals surface area contributed by atoms with E-state index in [2.05, 4.69) is 17.1 Å². The molecule has 98 valence electrons. The van der Waals surface area contributed by atoms with Gasteiger partial charge in [-0.15, -0.1) is 0 Å². The van der Waals surface area contributed by atoms with E-state index in [1.54, 1.807) is 0 Å². The minimum Gasteiger partial charge on any atom is -0.377 e. The van der Waals surface area contributed by atoms with E-state index in [1.165, 1.54) is 32.1 Å². The molecule has 1 atom stereocenters. The summed E-state index contributed by atoms with van der Waals surface area (Å²) in [5.41, 5.74) is 0. The summed E-state index contributed by atoms with van der Waals surface area (Å²) in [5.74, 6) is 0. The Balaban J connectivity index is 1.84. The predicted octanol–water partition coefficient (Wildman–Crippen LogP) is 2.30. The number of hydrogen-bond donors (Lipinski definition) is 1. The van der Waals surface area contributed by atoms with Crippen molar-refractivity contribution >= 4 is 17.3 Å². The Hall–Kier alpha value is -0.350. The van der Waals surface area contributed by atoms with Crippen molar-refractivity contribution in [3.8, 4) is 0 Å². The molecular formula is C13H24N2OS. The summed E-state index contributed by atoms with van der Waals surface area (Å²) < 4.78 is 5.51. The number of hydrogen-bond acceptors (Lipinski definition) is 2. The van der Waals surface area contributed by atoms with Crippen molar-refractivity contribution < 1.29 is 4.74 Å². The largest absolute Gasteiger partial charge is 0.377 e. The van der Waals surface area contributed by atoms with E-state index in [1.807, 2.05) is 0 Å². The Morgan fingerprint density at radius 1 is 1.35 bits per heavy atom. The summed E-state index contributed by atoms with van der Waals surface area (Å²) in [4.78, 5) is 2.33. The normalized spacial score (nSPS) is 26.9. The standard InChI is InChI=1S/C13H24N2OS/c1-2-12-10-16-9-8-15(12)13(17)14-11-6-4-3-5-7-11/h11-12H,2-10H2,1H3,(H,14,17). The van der Waals surface area contributed by atoms with E-state index in [0.29, 0.717) is 12.1 Å². The average molecular weight is 256 g/mol. The van der Waals surface area contributed by atoms with Crippen molar-refractivity contribution in [2.45, 2.75) is 57.5 Å². The first kappa shape index (κ1) is 13.1. The lowest BCUT2D eigenvalue weighted by molar-refractivity contribution is 0.0244. The first-order chi connectivity index (χ1) is 8.31. The second-order valence-electron chi connectivity index (χ2n) is 5.11. The van der Waals surface area contributed by atoms with Crippen LogP contribution in [0, 0.1) is 0 Å². The highest BCUT2D eigenvalue weighted by Crippen LogP contribution is 2.18. The topological polar surface area (TPSA) is 24.5 Å². The van der Waals surface area contributed by atoms with Crippen LogP contribution in [0.2, 0.25) is 0 Å². The maximum absolute atomic E-state index is 5.56. The molecule has 0 bridgehead atoms. The molecular weight excluding hydrogens is 232 g/mol. The maximum atomic E-state index is 5.56. The fraction of sp³-hybridized carbons (Fsp3) is 0.923. The fourth-order valence-electron chi connectivity index (χ4n) is 2.76. The van der Waals surface area contributed by atoms with E-state index in [4.69, 9.17) is 17.0 Å².